The van der Waals surface area contributed by atoms with Crippen molar-refractivity contribution in [3.05, 3.63) is 30.1 Å². The lowest BCUT2D eigenvalue weighted by Crippen LogP contribution is -2.51. The summed E-state index contributed by atoms with van der Waals surface area (Å²) in [5, 5.41) is 3.56. The molecule has 0 unspecified atom stereocenters. The van der Waals surface area contributed by atoms with Crippen molar-refractivity contribution in [1.29, 1.82) is 0 Å². The predicted molar refractivity (Wildman–Crippen MR) is 74.5 cm³/mol. The summed E-state index contributed by atoms with van der Waals surface area (Å²) < 4.78 is 13.4. The lowest BCUT2D eigenvalue weighted by atomic mass is 9.96. The van der Waals surface area contributed by atoms with Crippen molar-refractivity contribution in [3.63, 3.8) is 0 Å². The summed E-state index contributed by atoms with van der Waals surface area (Å²) in [6.45, 7) is 10.7. The second kappa shape index (κ2) is 4.54. The van der Waals surface area contributed by atoms with Crippen LogP contribution in [0.4, 0.5) is 10.1 Å². The van der Waals surface area contributed by atoms with E-state index >= 15 is 0 Å². The van der Waals surface area contributed by atoms with E-state index in [9.17, 15) is 4.39 Å². The van der Waals surface area contributed by atoms with Gasteiger partial charge >= 0.3 is 0 Å². The summed E-state index contributed by atoms with van der Waals surface area (Å²) in [6.07, 6.45) is 1.05. The van der Waals surface area contributed by atoms with Crippen molar-refractivity contribution in [3.8, 4) is 0 Å². The number of halogens is 1. The van der Waals surface area contributed by atoms with Crippen LogP contribution in [0.3, 0.4) is 0 Å². The molecule has 1 fully saturated rings. The van der Waals surface area contributed by atoms with Crippen molar-refractivity contribution >= 4 is 5.69 Å². The van der Waals surface area contributed by atoms with Crippen molar-refractivity contribution in [2.24, 2.45) is 0 Å². The Kier molecular flexibility index (Phi) is 3.37. The van der Waals surface area contributed by atoms with E-state index in [1.54, 1.807) is 12.1 Å². The average molecular weight is 250 g/mol. The highest BCUT2D eigenvalue weighted by molar-refractivity contribution is 5.49. The Morgan fingerprint density at radius 3 is 2.61 bits per heavy atom. The van der Waals surface area contributed by atoms with Crippen LogP contribution in [0.15, 0.2) is 24.3 Å². The molecule has 1 aliphatic heterocycles. The first kappa shape index (κ1) is 13.3. The van der Waals surface area contributed by atoms with Gasteiger partial charge in [0.25, 0.3) is 0 Å². The summed E-state index contributed by atoms with van der Waals surface area (Å²) in [6, 6.07) is 6.90. The molecule has 2 rings (SSSR count). The Morgan fingerprint density at radius 2 is 1.94 bits per heavy atom. The molecule has 0 spiro atoms. The molecule has 18 heavy (non-hydrogen) atoms. The minimum atomic E-state index is -0.168. The lowest BCUT2D eigenvalue weighted by Gasteiger charge is -2.41. The normalized spacial score (nSPS) is 22.6. The third-order valence-electron chi connectivity index (χ3n) is 3.74. The van der Waals surface area contributed by atoms with Crippen LogP contribution in [-0.4, -0.2) is 24.2 Å². The second-order valence-electron chi connectivity index (χ2n) is 6.44. The first-order chi connectivity index (χ1) is 8.30. The number of nitrogens with one attached hydrogen (secondary N) is 1. The quantitative estimate of drug-likeness (QED) is 0.823. The maximum absolute atomic E-state index is 13.4. The van der Waals surface area contributed by atoms with E-state index in [4.69, 9.17) is 0 Å². The van der Waals surface area contributed by atoms with Crippen LogP contribution >= 0.6 is 0 Å². The fourth-order valence-electron chi connectivity index (χ4n) is 2.59. The number of hydrogen-bond acceptors (Lipinski definition) is 2. The van der Waals surface area contributed by atoms with Gasteiger partial charge in [0.1, 0.15) is 5.82 Å². The molecule has 1 aromatic carbocycles. The third kappa shape index (κ3) is 2.83. The summed E-state index contributed by atoms with van der Waals surface area (Å²) in [5.41, 5.74) is 1.05. The van der Waals surface area contributed by atoms with E-state index in [-0.39, 0.29) is 16.9 Å². The van der Waals surface area contributed by atoms with Gasteiger partial charge in [-0.1, -0.05) is 6.07 Å². The molecule has 0 bridgehead atoms. The van der Waals surface area contributed by atoms with Crippen molar-refractivity contribution in [2.75, 3.05) is 18.0 Å². The molecule has 0 atom stereocenters. The molecule has 1 N–H and O–H groups in total. The zero-order valence-electron chi connectivity index (χ0n) is 11.8. The van der Waals surface area contributed by atoms with E-state index in [1.165, 1.54) is 6.07 Å². The van der Waals surface area contributed by atoms with E-state index < -0.39 is 0 Å². The van der Waals surface area contributed by atoms with Crippen LogP contribution in [-0.2, 0) is 0 Å². The van der Waals surface area contributed by atoms with E-state index in [0.29, 0.717) is 0 Å². The van der Waals surface area contributed by atoms with Gasteiger partial charge < -0.3 is 10.2 Å². The van der Waals surface area contributed by atoms with Crippen LogP contribution in [0.5, 0.6) is 0 Å². The smallest absolute Gasteiger partial charge is 0.125 e. The van der Waals surface area contributed by atoms with Gasteiger partial charge in [0.05, 0.1) is 0 Å². The molecule has 1 aliphatic rings. The number of nitrogens with zero attached hydrogens (tertiary/aromatic N) is 1. The van der Waals surface area contributed by atoms with Crippen LogP contribution in [0, 0.1) is 5.82 Å². The number of hydrogen-bond donors (Lipinski definition) is 1. The van der Waals surface area contributed by atoms with Gasteiger partial charge in [0.15, 0.2) is 0 Å². The molecule has 0 aromatic heterocycles. The molecule has 0 amide bonds. The minimum absolute atomic E-state index is 0.0363. The molecule has 0 aliphatic carbocycles. The van der Waals surface area contributed by atoms with Gasteiger partial charge in [-0.15, -0.1) is 0 Å². The van der Waals surface area contributed by atoms with Crippen LogP contribution in [0.2, 0.25) is 0 Å². The Bertz CT molecular complexity index is 426. The van der Waals surface area contributed by atoms with E-state index in [0.717, 1.165) is 25.2 Å². The highest BCUT2D eigenvalue weighted by atomic mass is 19.1. The molecular weight excluding hydrogens is 227 g/mol. The number of benzene rings is 1. The highest BCUT2D eigenvalue weighted by Gasteiger charge is 2.35. The molecular formula is C15H23FN2. The topological polar surface area (TPSA) is 15.3 Å². The Morgan fingerprint density at radius 1 is 1.22 bits per heavy atom. The van der Waals surface area contributed by atoms with Gasteiger partial charge in [-0.3, -0.25) is 0 Å². The lowest BCUT2D eigenvalue weighted by molar-refractivity contribution is 0.409. The van der Waals surface area contributed by atoms with Crippen molar-refractivity contribution < 1.29 is 4.39 Å². The molecule has 0 saturated carbocycles. The maximum Gasteiger partial charge on any atom is 0.125 e. The van der Waals surface area contributed by atoms with Gasteiger partial charge in [-0.25, -0.2) is 4.39 Å². The second-order valence-corrected chi connectivity index (χ2v) is 6.44. The highest BCUT2D eigenvalue weighted by Crippen LogP contribution is 2.30. The largest absolute Gasteiger partial charge is 0.364 e. The standard InChI is InChI=1S/C15H23FN2/c1-14(2)11-18(15(3,4)8-9-17-14)13-7-5-6-12(16)10-13/h5-7,10,17H,8-9,11H2,1-4H3. The molecule has 1 aromatic rings. The molecule has 2 nitrogen and oxygen atoms in total. The Hall–Kier alpha value is -1.09. The third-order valence-corrected chi connectivity index (χ3v) is 3.74. The van der Waals surface area contributed by atoms with Crippen molar-refractivity contribution in [1.82, 2.24) is 5.32 Å². The summed E-state index contributed by atoms with van der Waals surface area (Å²) >= 11 is 0. The Labute approximate surface area is 109 Å². The van der Waals surface area contributed by atoms with E-state index in [2.05, 4.69) is 37.9 Å². The number of anilines is 1. The van der Waals surface area contributed by atoms with Crippen molar-refractivity contribution in [2.45, 2.75) is 45.2 Å². The Balaban J connectivity index is 2.37. The average Bonchev–Trinajstić information content (AvgIpc) is 2.35. The molecule has 3 heteroatoms. The molecule has 1 heterocycles. The summed E-state index contributed by atoms with van der Waals surface area (Å²) in [4.78, 5) is 2.32. The van der Waals surface area contributed by atoms with Crippen LogP contribution in [0.1, 0.15) is 34.1 Å². The first-order valence-corrected chi connectivity index (χ1v) is 6.58. The van der Waals surface area contributed by atoms with Gasteiger partial charge in [-0.2, -0.15) is 0 Å². The van der Waals surface area contributed by atoms with Gasteiger partial charge in [-0.05, 0) is 58.9 Å². The first-order valence-electron chi connectivity index (χ1n) is 6.58. The fraction of sp³-hybridized carbons (Fsp3) is 0.600. The van der Waals surface area contributed by atoms with E-state index in [1.807, 2.05) is 6.07 Å². The fourth-order valence-corrected chi connectivity index (χ4v) is 2.59. The summed E-state index contributed by atoms with van der Waals surface area (Å²) in [5.74, 6) is -0.168. The monoisotopic (exact) mass is 250 g/mol. The maximum atomic E-state index is 13.4. The molecule has 1 saturated heterocycles. The van der Waals surface area contributed by atoms with Gasteiger partial charge in [0, 0.05) is 23.3 Å². The number of rotatable bonds is 1. The van der Waals surface area contributed by atoms with Crippen LogP contribution in [0.25, 0.3) is 0 Å². The zero-order chi connectivity index (χ0) is 13.4. The summed E-state index contributed by atoms with van der Waals surface area (Å²) in [7, 11) is 0. The molecule has 0 radical (unpaired) electrons. The molecule has 100 valence electrons. The predicted octanol–water partition coefficient (Wildman–Crippen LogP) is 3.18. The minimum Gasteiger partial charge on any atom is -0.364 e. The van der Waals surface area contributed by atoms with Crippen LogP contribution < -0.4 is 10.2 Å². The SMILES string of the molecule is CC1(C)CN(c2cccc(F)c2)C(C)(C)CCN1. The van der Waals surface area contributed by atoms with Gasteiger partial charge in [0.2, 0.25) is 0 Å². The zero-order valence-corrected chi connectivity index (χ0v) is 11.8.